The second-order valence-electron chi connectivity index (χ2n) is 35.3. The zero-order valence-corrected chi connectivity index (χ0v) is 71.4. The lowest BCUT2D eigenvalue weighted by atomic mass is 9.82. The van der Waals surface area contributed by atoms with E-state index in [1.165, 1.54) is 243 Å². The van der Waals surface area contributed by atoms with E-state index in [2.05, 4.69) is 437 Å². The Hall–Kier alpha value is -14.0. The molecule has 0 unspecified atom stereocenters. The molecule has 0 N–H and O–H groups in total. The van der Waals surface area contributed by atoms with E-state index in [0.29, 0.717) is 0 Å². The molecular weight excluding hydrogens is 1540 g/mol. The van der Waals surface area contributed by atoms with Crippen molar-refractivity contribution >= 4 is 160 Å². The summed E-state index contributed by atoms with van der Waals surface area (Å²) >= 11 is 5.63. The third kappa shape index (κ3) is 10.7. The van der Waals surface area contributed by atoms with Crippen LogP contribution in [0.25, 0.3) is 210 Å². The second-order valence-corrected chi connectivity index (χ2v) is 38.5. The van der Waals surface area contributed by atoms with Gasteiger partial charge in [-0.15, -0.1) is 34.0 Å². The molecule has 6 heterocycles. The van der Waals surface area contributed by atoms with Crippen molar-refractivity contribution in [3.63, 3.8) is 0 Å². The van der Waals surface area contributed by atoms with Gasteiger partial charge in [0.2, 0.25) is 0 Å². The van der Waals surface area contributed by atoms with Gasteiger partial charge in [-0.05, 0) is 210 Å². The van der Waals surface area contributed by atoms with Gasteiger partial charge < -0.3 is 13.7 Å². The molecule has 3 aliphatic rings. The Kier molecular flexibility index (Phi) is 15.8. The van der Waals surface area contributed by atoms with E-state index in [4.69, 9.17) is 0 Å². The van der Waals surface area contributed by atoms with Gasteiger partial charge in [0.15, 0.2) is 0 Å². The molecular formula is C117H81N3S3. The van der Waals surface area contributed by atoms with E-state index in [-0.39, 0.29) is 16.2 Å². The molecule has 6 aromatic heterocycles. The summed E-state index contributed by atoms with van der Waals surface area (Å²) < 4.78 is 15.5. The molecule has 18 aromatic carbocycles. The van der Waals surface area contributed by atoms with E-state index in [1.54, 1.807) is 0 Å². The number of para-hydroxylation sites is 3. The minimum atomic E-state index is -0.0320. The molecule has 27 rings (SSSR count). The smallest absolute Gasteiger partial charge is 0.0622 e. The molecule has 582 valence electrons. The van der Waals surface area contributed by atoms with Crippen LogP contribution in [0.2, 0.25) is 0 Å². The molecule has 0 saturated heterocycles. The highest BCUT2D eigenvalue weighted by atomic mass is 32.1. The third-order valence-corrected chi connectivity index (χ3v) is 31.2. The highest BCUT2D eigenvalue weighted by molar-refractivity contribution is 7.27. The van der Waals surface area contributed by atoms with Crippen LogP contribution in [0.1, 0.15) is 74.9 Å². The second kappa shape index (κ2) is 27.0. The van der Waals surface area contributed by atoms with Gasteiger partial charge in [-0.1, -0.05) is 308 Å². The van der Waals surface area contributed by atoms with E-state index in [1.807, 2.05) is 34.0 Å². The van der Waals surface area contributed by atoms with Gasteiger partial charge in [-0.2, -0.15) is 0 Å². The van der Waals surface area contributed by atoms with Crippen LogP contribution in [0.4, 0.5) is 0 Å². The molecule has 0 saturated carbocycles. The van der Waals surface area contributed by atoms with Gasteiger partial charge in [-0.3, -0.25) is 0 Å². The van der Waals surface area contributed by atoms with Gasteiger partial charge >= 0.3 is 0 Å². The summed E-state index contributed by atoms with van der Waals surface area (Å²) in [5.41, 5.74) is 35.3. The number of nitrogens with zero attached hydrogens (tertiary/aromatic N) is 3. The minimum absolute atomic E-state index is 0.0153. The lowest BCUT2D eigenvalue weighted by Gasteiger charge is -2.21. The fourth-order valence-corrected chi connectivity index (χ4v) is 25.1. The van der Waals surface area contributed by atoms with Crippen LogP contribution in [-0.2, 0) is 16.2 Å². The van der Waals surface area contributed by atoms with Crippen molar-refractivity contribution < 1.29 is 0 Å². The van der Waals surface area contributed by atoms with Crippen LogP contribution >= 0.6 is 34.0 Å². The molecule has 0 fully saturated rings. The fraction of sp³-hybridized carbons (Fsp3) is 0.0769. The van der Waals surface area contributed by atoms with E-state index < -0.39 is 0 Å². The van der Waals surface area contributed by atoms with Crippen molar-refractivity contribution in [3.05, 3.63) is 416 Å². The molecule has 3 nitrogen and oxygen atoms in total. The standard InChI is InChI=1S/3C39H27NS/c1-39(2)31-15-6-3-11-29(31)36-32(39)22-23-34-37(36)30-12-4-7-16-33(30)40(34)25-20-18-24(19-21-25)26-13-9-14-28-27-10-5-8-17-35(27)41-38(26)28;1-39(2)32-12-6-3-11-30(32)37-33(39)21-20-29-27-9-4-7-13-34(27)40(38(29)37)26-18-15-24(16-19-26)25-17-22-36-31(23-25)28-10-5-8-14-35(28)41-36;1-39(2)33-12-6-3-9-27(33)30-22-31-28-10-4-7-13-35(28)40(36(31)23-34(30)39)26-18-15-24(16-19-26)25-17-20-38-32(21-25)29-11-5-8-14-37(29)41-38/h3*3-23H,1-2H3. The first kappa shape index (κ1) is 71.9. The largest absolute Gasteiger partial charge is 0.309 e. The summed E-state index contributed by atoms with van der Waals surface area (Å²) in [6, 6.07) is 142. The molecule has 0 bridgehead atoms. The first-order valence-electron chi connectivity index (χ1n) is 42.8. The van der Waals surface area contributed by atoms with Gasteiger partial charge in [0.05, 0.1) is 33.1 Å². The molecule has 123 heavy (non-hydrogen) atoms. The summed E-state index contributed by atoms with van der Waals surface area (Å²) in [6.45, 7) is 14.2. The SMILES string of the molecule is CC1(C)c2ccccc2-c2c1ccc1c2c2ccccc2n1-c1ccc(-c2cccc3c2sc2ccccc23)cc1.CC1(C)c2ccccc2-c2c1ccc1c3ccccc3n(-c3ccc(-c4ccc5sc6ccccc6c5c4)cc3)c21.CC1(C)c2ccccc2-c2cc3c4ccccc4n(-c4ccc(-c5ccc6sc7ccccc7c6c5)cc4)c3cc21. The van der Waals surface area contributed by atoms with Crippen LogP contribution in [0, 0.1) is 0 Å². The number of benzene rings is 18. The van der Waals surface area contributed by atoms with E-state index in [9.17, 15) is 0 Å². The van der Waals surface area contributed by atoms with Crippen LogP contribution in [-0.4, -0.2) is 13.7 Å². The Labute approximate surface area is 725 Å². The zero-order valence-electron chi connectivity index (χ0n) is 68.9. The Morgan fingerprint density at radius 3 is 1.17 bits per heavy atom. The Morgan fingerprint density at radius 2 is 0.585 bits per heavy atom. The number of hydrogen-bond donors (Lipinski definition) is 0. The average molecular weight is 1630 g/mol. The molecule has 24 aromatic rings. The third-order valence-electron chi connectivity index (χ3n) is 27.6. The molecule has 0 atom stereocenters. The van der Waals surface area contributed by atoms with E-state index in [0.717, 1.165) is 0 Å². The van der Waals surface area contributed by atoms with Gasteiger partial charge in [0, 0.05) is 132 Å². The Bertz CT molecular complexity index is 8560. The van der Waals surface area contributed by atoms with Crippen molar-refractivity contribution in [1.29, 1.82) is 0 Å². The molecule has 0 radical (unpaired) electrons. The van der Waals surface area contributed by atoms with Crippen molar-refractivity contribution in [2.45, 2.75) is 57.8 Å². The lowest BCUT2D eigenvalue weighted by molar-refractivity contribution is 0.660. The molecule has 3 aliphatic carbocycles. The molecule has 0 aliphatic heterocycles. The highest BCUT2D eigenvalue weighted by Crippen LogP contribution is 2.57. The van der Waals surface area contributed by atoms with Crippen LogP contribution in [0.5, 0.6) is 0 Å². The number of thiophene rings is 3. The zero-order chi connectivity index (χ0) is 81.9. The maximum Gasteiger partial charge on any atom is 0.0622 e. The van der Waals surface area contributed by atoms with Crippen LogP contribution in [0.3, 0.4) is 0 Å². The lowest BCUT2D eigenvalue weighted by Crippen LogP contribution is -2.14. The Balaban J connectivity index is 0.000000101. The summed E-state index contributed by atoms with van der Waals surface area (Å²) in [5, 5.41) is 15.9. The van der Waals surface area contributed by atoms with Crippen molar-refractivity contribution in [1.82, 2.24) is 13.7 Å². The van der Waals surface area contributed by atoms with Gasteiger partial charge in [0.25, 0.3) is 0 Å². The minimum Gasteiger partial charge on any atom is -0.309 e. The normalized spacial score (nSPS) is 13.8. The van der Waals surface area contributed by atoms with Crippen molar-refractivity contribution in [2.75, 3.05) is 0 Å². The predicted octanol–water partition coefficient (Wildman–Crippen LogP) is 33.4. The number of hydrogen-bond acceptors (Lipinski definition) is 3. The summed E-state index contributed by atoms with van der Waals surface area (Å²) in [5.74, 6) is 0. The first-order chi connectivity index (χ1) is 60.3. The quantitative estimate of drug-likeness (QED) is 0.158. The summed E-state index contributed by atoms with van der Waals surface area (Å²) in [6.07, 6.45) is 0. The number of rotatable bonds is 6. The topological polar surface area (TPSA) is 14.8 Å². The van der Waals surface area contributed by atoms with Crippen LogP contribution in [0.15, 0.2) is 382 Å². The van der Waals surface area contributed by atoms with Crippen molar-refractivity contribution in [2.24, 2.45) is 0 Å². The number of aromatic nitrogens is 3. The summed E-state index contributed by atoms with van der Waals surface area (Å²) in [7, 11) is 0. The van der Waals surface area contributed by atoms with Crippen molar-refractivity contribution in [3.8, 4) is 83.8 Å². The van der Waals surface area contributed by atoms with Gasteiger partial charge in [-0.25, -0.2) is 0 Å². The first-order valence-corrected chi connectivity index (χ1v) is 45.3. The maximum absolute atomic E-state index is 2.49. The number of fused-ring (bicyclic) bond motifs is 29. The summed E-state index contributed by atoms with van der Waals surface area (Å²) in [4.78, 5) is 0. The maximum atomic E-state index is 2.49. The molecule has 0 spiro atoms. The van der Waals surface area contributed by atoms with E-state index >= 15 is 0 Å². The molecule has 6 heteroatoms. The monoisotopic (exact) mass is 1620 g/mol. The predicted molar refractivity (Wildman–Crippen MR) is 530 cm³/mol. The van der Waals surface area contributed by atoms with Gasteiger partial charge in [0.1, 0.15) is 0 Å². The van der Waals surface area contributed by atoms with Crippen LogP contribution < -0.4 is 0 Å². The average Bonchev–Trinajstić information content (AvgIpc) is 1.55. The fourth-order valence-electron chi connectivity index (χ4n) is 21.7. The molecule has 0 amide bonds. The highest BCUT2D eigenvalue weighted by Gasteiger charge is 2.40. The Morgan fingerprint density at radius 1 is 0.195 bits per heavy atom.